The number of nitriles is 1. The summed E-state index contributed by atoms with van der Waals surface area (Å²) in [6.45, 7) is 1.88. The highest BCUT2D eigenvalue weighted by atomic mass is 15.3. The van der Waals surface area contributed by atoms with Crippen molar-refractivity contribution in [3.63, 3.8) is 0 Å². The van der Waals surface area contributed by atoms with Crippen LogP contribution in [0.25, 0.3) is 0 Å². The molecule has 0 fully saturated rings. The van der Waals surface area contributed by atoms with E-state index in [1.807, 2.05) is 44.9 Å². The van der Waals surface area contributed by atoms with Crippen LogP contribution < -0.4 is 0 Å². The average molecular weight is 141 g/mol. The Balaban J connectivity index is 4.43. The van der Waals surface area contributed by atoms with E-state index in [0.29, 0.717) is 0 Å². The lowest BCUT2D eigenvalue weighted by Gasteiger charge is -2.35. The molecule has 0 unspecified atom stereocenters. The molecule has 0 N–H and O–H groups in total. The van der Waals surface area contributed by atoms with E-state index in [4.69, 9.17) is 5.26 Å². The number of rotatable bonds is 2. The monoisotopic (exact) mass is 141 g/mol. The highest BCUT2D eigenvalue weighted by Gasteiger charge is 2.28. The molecule has 3 heteroatoms. The molecule has 0 atom stereocenters. The summed E-state index contributed by atoms with van der Waals surface area (Å²) < 4.78 is 0. The Kier molecular flexibility index (Phi) is 2.82. The van der Waals surface area contributed by atoms with Crippen LogP contribution in [0.1, 0.15) is 6.92 Å². The molecule has 0 aliphatic heterocycles. The minimum atomic E-state index is -0.486. The molecule has 0 radical (unpaired) electrons. The van der Waals surface area contributed by atoms with Crippen molar-refractivity contribution < 1.29 is 0 Å². The average Bonchev–Trinajstić information content (AvgIpc) is 1.85. The topological polar surface area (TPSA) is 30.3 Å². The Hall–Kier alpha value is -0.590. The van der Waals surface area contributed by atoms with E-state index in [0.717, 1.165) is 0 Å². The van der Waals surface area contributed by atoms with Crippen molar-refractivity contribution in [2.24, 2.45) is 0 Å². The van der Waals surface area contributed by atoms with Crippen LogP contribution in [0.15, 0.2) is 0 Å². The first kappa shape index (κ1) is 9.41. The molecule has 0 spiro atoms. The Morgan fingerprint density at radius 2 is 1.40 bits per heavy atom. The van der Waals surface area contributed by atoms with Gasteiger partial charge in [0.15, 0.2) is 5.66 Å². The van der Waals surface area contributed by atoms with Crippen molar-refractivity contribution in [3.8, 4) is 6.07 Å². The fourth-order valence-corrected chi connectivity index (χ4v) is 0.600. The summed E-state index contributed by atoms with van der Waals surface area (Å²) in [4.78, 5) is 3.76. The molecule has 0 aromatic rings. The first-order valence-electron chi connectivity index (χ1n) is 3.21. The molecule has 10 heavy (non-hydrogen) atoms. The fourth-order valence-electron chi connectivity index (χ4n) is 0.600. The Morgan fingerprint density at radius 3 is 1.40 bits per heavy atom. The van der Waals surface area contributed by atoms with E-state index >= 15 is 0 Å². The van der Waals surface area contributed by atoms with Gasteiger partial charge in [-0.1, -0.05) is 0 Å². The molecule has 0 amide bonds. The number of hydrogen-bond donors (Lipinski definition) is 0. The maximum atomic E-state index is 8.79. The lowest BCUT2D eigenvalue weighted by Crippen LogP contribution is -2.51. The van der Waals surface area contributed by atoms with Crippen molar-refractivity contribution in [2.45, 2.75) is 12.6 Å². The van der Waals surface area contributed by atoms with Crippen molar-refractivity contribution in [1.82, 2.24) is 9.80 Å². The third-order valence-corrected chi connectivity index (χ3v) is 1.95. The first-order valence-corrected chi connectivity index (χ1v) is 3.21. The van der Waals surface area contributed by atoms with Gasteiger partial charge >= 0.3 is 0 Å². The Bertz CT molecular complexity index is 135. The predicted octanol–water partition coefficient (Wildman–Crippen LogP) is 0.349. The minimum absolute atomic E-state index is 0.486. The third-order valence-electron chi connectivity index (χ3n) is 1.95. The molecule has 0 heterocycles. The van der Waals surface area contributed by atoms with Crippen LogP contribution in [0.5, 0.6) is 0 Å². The van der Waals surface area contributed by atoms with Gasteiger partial charge in [-0.05, 0) is 35.1 Å². The van der Waals surface area contributed by atoms with Gasteiger partial charge in [-0.25, -0.2) is 0 Å². The van der Waals surface area contributed by atoms with Crippen LogP contribution in [0, 0.1) is 11.3 Å². The smallest absolute Gasteiger partial charge is 0.160 e. The van der Waals surface area contributed by atoms with Gasteiger partial charge in [0.25, 0.3) is 0 Å². The molecular weight excluding hydrogens is 126 g/mol. The van der Waals surface area contributed by atoms with Gasteiger partial charge in [0.2, 0.25) is 0 Å². The van der Waals surface area contributed by atoms with E-state index in [2.05, 4.69) is 6.07 Å². The maximum absolute atomic E-state index is 8.79. The van der Waals surface area contributed by atoms with Crippen LogP contribution >= 0.6 is 0 Å². The second-order valence-corrected chi connectivity index (χ2v) is 2.92. The summed E-state index contributed by atoms with van der Waals surface area (Å²) in [6.07, 6.45) is 0. The molecule has 58 valence electrons. The lowest BCUT2D eigenvalue weighted by atomic mass is 10.2. The van der Waals surface area contributed by atoms with Gasteiger partial charge in [-0.2, -0.15) is 5.26 Å². The van der Waals surface area contributed by atoms with Gasteiger partial charge in [0.1, 0.15) is 6.07 Å². The Labute approximate surface area is 62.8 Å². The molecule has 0 saturated heterocycles. The van der Waals surface area contributed by atoms with Crippen LogP contribution in [0.3, 0.4) is 0 Å². The van der Waals surface area contributed by atoms with Gasteiger partial charge in [0, 0.05) is 0 Å². The highest BCUT2D eigenvalue weighted by Crippen LogP contribution is 2.11. The van der Waals surface area contributed by atoms with Gasteiger partial charge in [-0.15, -0.1) is 0 Å². The quantitative estimate of drug-likeness (QED) is 0.520. The minimum Gasteiger partial charge on any atom is -0.280 e. The molecule has 0 rings (SSSR count). The molecule has 0 saturated carbocycles. The van der Waals surface area contributed by atoms with Crippen molar-refractivity contribution in [3.05, 3.63) is 0 Å². The Morgan fingerprint density at radius 1 is 1.10 bits per heavy atom. The van der Waals surface area contributed by atoms with Gasteiger partial charge < -0.3 is 0 Å². The van der Waals surface area contributed by atoms with Crippen LogP contribution in [0.4, 0.5) is 0 Å². The molecule has 0 aromatic heterocycles. The van der Waals surface area contributed by atoms with E-state index < -0.39 is 5.66 Å². The van der Waals surface area contributed by atoms with Crippen molar-refractivity contribution in [1.29, 1.82) is 5.26 Å². The fraction of sp³-hybridized carbons (Fsp3) is 0.857. The SMILES string of the molecule is CN(C)C(C)(C#N)N(C)C. The van der Waals surface area contributed by atoms with Gasteiger partial charge in [0.05, 0.1) is 0 Å². The molecule has 3 nitrogen and oxygen atoms in total. The zero-order valence-electron chi connectivity index (χ0n) is 7.34. The summed E-state index contributed by atoms with van der Waals surface area (Å²) in [5.41, 5.74) is -0.486. The summed E-state index contributed by atoms with van der Waals surface area (Å²) in [5.74, 6) is 0. The lowest BCUT2D eigenvalue weighted by molar-refractivity contribution is 0.0765. The van der Waals surface area contributed by atoms with E-state index in [1.165, 1.54) is 0 Å². The number of hydrogen-bond acceptors (Lipinski definition) is 3. The van der Waals surface area contributed by atoms with E-state index in [-0.39, 0.29) is 0 Å². The molecular formula is C7H15N3. The maximum Gasteiger partial charge on any atom is 0.160 e. The third kappa shape index (κ3) is 1.47. The second kappa shape index (κ2) is 3.00. The molecule has 0 aromatic carbocycles. The summed E-state index contributed by atoms with van der Waals surface area (Å²) in [5, 5.41) is 8.79. The summed E-state index contributed by atoms with van der Waals surface area (Å²) >= 11 is 0. The predicted molar refractivity (Wildman–Crippen MR) is 41.4 cm³/mol. The van der Waals surface area contributed by atoms with Crippen molar-refractivity contribution >= 4 is 0 Å². The van der Waals surface area contributed by atoms with E-state index in [9.17, 15) is 0 Å². The molecule has 0 aliphatic rings. The zero-order chi connectivity index (χ0) is 8.36. The summed E-state index contributed by atoms with van der Waals surface area (Å²) in [7, 11) is 7.57. The summed E-state index contributed by atoms with van der Waals surface area (Å²) in [6, 6.07) is 2.23. The number of nitrogens with zero attached hydrogens (tertiary/aromatic N) is 3. The van der Waals surface area contributed by atoms with Gasteiger partial charge in [-0.3, -0.25) is 9.80 Å². The van der Waals surface area contributed by atoms with E-state index in [1.54, 1.807) is 0 Å². The second-order valence-electron chi connectivity index (χ2n) is 2.92. The normalized spacial score (nSPS) is 12.2. The van der Waals surface area contributed by atoms with Crippen LogP contribution in [-0.4, -0.2) is 43.7 Å². The standard InChI is InChI=1S/C7H15N3/c1-7(6-8,9(2)3)10(4)5/h1-5H3. The molecule has 0 bridgehead atoms. The largest absolute Gasteiger partial charge is 0.280 e. The van der Waals surface area contributed by atoms with Crippen molar-refractivity contribution in [2.75, 3.05) is 28.2 Å². The van der Waals surface area contributed by atoms with Crippen LogP contribution in [-0.2, 0) is 0 Å². The highest BCUT2D eigenvalue weighted by molar-refractivity contribution is 5.00. The first-order chi connectivity index (χ1) is 4.45. The molecule has 0 aliphatic carbocycles. The van der Waals surface area contributed by atoms with Crippen LogP contribution in [0.2, 0.25) is 0 Å². The zero-order valence-corrected chi connectivity index (χ0v) is 7.34.